The second-order valence-electron chi connectivity index (χ2n) is 8.13. The maximum atomic E-state index is 14.3. The average molecular weight is 412 g/mol. The largest absolute Gasteiger partial charge is 0.302 e. The maximum absolute atomic E-state index is 14.3. The zero-order chi connectivity index (χ0) is 21.3. The molecule has 1 aromatic heterocycles. The molecule has 0 spiro atoms. The summed E-state index contributed by atoms with van der Waals surface area (Å²) in [6.07, 6.45) is 0. The van der Waals surface area contributed by atoms with Crippen LogP contribution in [0.4, 0.5) is 8.78 Å². The number of hydrogen-bond donors (Lipinski definition) is 2. The van der Waals surface area contributed by atoms with Gasteiger partial charge < -0.3 is 4.90 Å². The summed E-state index contributed by atoms with van der Waals surface area (Å²) in [6.45, 7) is 6.30. The maximum Gasteiger partial charge on any atom is 0.130 e. The normalized spacial score (nSPS) is 19.0. The fourth-order valence-electron chi connectivity index (χ4n) is 4.24. The van der Waals surface area contributed by atoms with E-state index in [0.29, 0.717) is 5.56 Å². The van der Waals surface area contributed by atoms with Gasteiger partial charge in [-0.05, 0) is 50.7 Å². The summed E-state index contributed by atoms with van der Waals surface area (Å²) in [5.41, 5.74) is 11.1. The predicted octanol–water partition coefficient (Wildman–Crippen LogP) is 3.66. The third-order valence-corrected chi connectivity index (χ3v) is 5.55. The van der Waals surface area contributed by atoms with Gasteiger partial charge in [-0.2, -0.15) is 5.10 Å². The molecule has 4 rings (SSSR count). The second kappa shape index (κ2) is 8.63. The third-order valence-electron chi connectivity index (χ3n) is 5.55. The number of rotatable bonds is 6. The molecule has 1 aliphatic heterocycles. The van der Waals surface area contributed by atoms with Crippen molar-refractivity contribution < 1.29 is 8.78 Å². The molecule has 30 heavy (non-hydrogen) atoms. The van der Waals surface area contributed by atoms with E-state index in [1.807, 2.05) is 24.6 Å². The number of hydrogen-bond acceptors (Lipinski definition) is 4. The molecule has 1 saturated heterocycles. The van der Waals surface area contributed by atoms with Crippen LogP contribution in [0, 0.1) is 31.4 Å². The van der Waals surface area contributed by atoms with E-state index in [9.17, 15) is 8.78 Å². The minimum absolute atomic E-state index is 0.161. The van der Waals surface area contributed by atoms with Crippen molar-refractivity contribution in [2.75, 3.05) is 20.1 Å². The molecule has 5 nitrogen and oxygen atoms in total. The lowest BCUT2D eigenvalue weighted by Gasteiger charge is -2.25. The van der Waals surface area contributed by atoms with Crippen LogP contribution in [0.25, 0.3) is 5.69 Å². The minimum Gasteiger partial charge on any atom is -0.302 e. The summed E-state index contributed by atoms with van der Waals surface area (Å²) in [4.78, 5) is 2.23. The van der Waals surface area contributed by atoms with Gasteiger partial charge in [0.05, 0.1) is 17.4 Å². The van der Waals surface area contributed by atoms with Gasteiger partial charge in [-0.15, -0.1) is 0 Å². The van der Waals surface area contributed by atoms with E-state index in [1.54, 1.807) is 0 Å². The SMILES string of the molecule is Cc1cc(C)n(-c2cccc(CN(C)CC3CNNC3c3ccc(F)cc3F)c2)n1. The van der Waals surface area contributed by atoms with Gasteiger partial charge in [0.2, 0.25) is 0 Å². The van der Waals surface area contributed by atoms with Crippen LogP contribution < -0.4 is 10.9 Å². The summed E-state index contributed by atoms with van der Waals surface area (Å²) >= 11 is 0. The molecule has 1 fully saturated rings. The Morgan fingerprint density at radius 1 is 1.13 bits per heavy atom. The lowest BCUT2D eigenvalue weighted by molar-refractivity contribution is 0.260. The number of nitrogens with one attached hydrogen (secondary N) is 2. The first-order valence-electron chi connectivity index (χ1n) is 10.1. The number of nitrogens with zero attached hydrogens (tertiary/aromatic N) is 3. The van der Waals surface area contributed by atoms with Crippen molar-refractivity contribution in [3.05, 3.63) is 82.7 Å². The van der Waals surface area contributed by atoms with Crippen molar-refractivity contribution in [3.8, 4) is 5.69 Å². The lowest BCUT2D eigenvalue weighted by Crippen LogP contribution is -2.30. The molecule has 2 atom stereocenters. The fourth-order valence-corrected chi connectivity index (χ4v) is 4.24. The zero-order valence-corrected chi connectivity index (χ0v) is 17.5. The summed E-state index contributed by atoms with van der Waals surface area (Å²) in [7, 11) is 2.06. The van der Waals surface area contributed by atoms with E-state index in [2.05, 4.69) is 52.2 Å². The van der Waals surface area contributed by atoms with Crippen molar-refractivity contribution in [3.63, 3.8) is 0 Å². The van der Waals surface area contributed by atoms with E-state index in [4.69, 9.17) is 0 Å². The molecule has 0 saturated carbocycles. The van der Waals surface area contributed by atoms with Gasteiger partial charge in [0.15, 0.2) is 0 Å². The Kier molecular flexibility index (Phi) is 5.94. The van der Waals surface area contributed by atoms with Crippen LogP contribution in [0.5, 0.6) is 0 Å². The number of hydrazine groups is 1. The van der Waals surface area contributed by atoms with Crippen LogP contribution >= 0.6 is 0 Å². The highest BCUT2D eigenvalue weighted by atomic mass is 19.1. The highest BCUT2D eigenvalue weighted by Crippen LogP contribution is 2.28. The van der Waals surface area contributed by atoms with Crippen LogP contribution in [-0.4, -0.2) is 34.8 Å². The van der Waals surface area contributed by atoms with E-state index in [0.717, 1.165) is 42.8 Å². The predicted molar refractivity (Wildman–Crippen MR) is 113 cm³/mol. The summed E-state index contributed by atoms with van der Waals surface area (Å²) in [5, 5.41) is 4.57. The molecule has 2 heterocycles. The number of benzene rings is 2. The number of aryl methyl sites for hydroxylation is 2. The first-order valence-corrected chi connectivity index (χ1v) is 10.1. The highest BCUT2D eigenvalue weighted by Gasteiger charge is 2.31. The lowest BCUT2D eigenvalue weighted by atomic mass is 9.94. The van der Waals surface area contributed by atoms with Gasteiger partial charge in [0.25, 0.3) is 0 Å². The van der Waals surface area contributed by atoms with Crippen LogP contribution in [0.2, 0.25) is 0 Å². The van der Waals surface area contributed by atoms with Crippen molar-refractivity contribution in [1.29, 1.82) is 0 Å². The Morgan fingerprint density at radius 3 is 2.70 bits per heavy atom. The third kappa shape index (κ3) is 4.43. The fraction of sp³-hybridized carbons (Fsp3) is 0.348. The van der Waals surface area contributed by atoms with E-state index >= 15 is 0 Å². The summed E-state index contributed by atoms with van der Waals surface area (Å²) in [6, 6.07) is 14.0. The van der Waals surface area contributed by atoms with Crippen molar-refractivity contribution in [2.24, 2.45) is 5.92 Å². The van der Waals surface area contributed by atoms with Crippen LogP contribution in [0.15, 0.2) is 48.5 Å². The molecule has 0 aliphatic carbocycles. The molecule has 2 unspecified atom stereocenters. The minimum atomic E-state index is -0.557. The quantitative estimate of drug-likeness (QED) is 0.650. The highest BCUT2D eigenvalue weighted by molar-refractivity contribution is 5.37. The average Bonchev–Trinajstić information content (AvgIpc) is 3.27. The van der Waals surface area contributed by atoms with Gasteiger partial charge in [-0.1, -0.05) is 18.2 Å². The standard InChI is InChI=1S/C23H27F2N5/c1-15-9-16(2)30(28-15)20-6-4-5-17(10-20)13-29(3)14-18-12-26-27-23(18)21-8-7-19(24)11-22(21)25/h4-11,18,23,26-27H,12-14H2,1-3H3. The van der Waals surface area contributed by atoms with Crippen molar-refractivity contribution in [2.45, 2.75) is 26.4 Å². The van der Waals surface area contributed by atoms with Gasteiger partial charge >= 0.3 is 0 Å². The van der Waals surface area contributed by atoms with E-state index in [1.165, 1.54) is 17.7 Å². The Hall–Kier alpha value is -2.61. The number of halogens is 2. The molecule has 0 radical (unpaired) electrons. The monoisotopic (exact) mass is 411 g/mol. The zero-order valence-electron chi connectivity index (χ0n) is 17.5. The molecule has 2 N–H and O–H groups in total. The topological polar surface area (TPSA) is 45.1 Å². The molecule has 1 aliphatic rings. The Morgan fingerprint density at radius 2 is 1.97 bits per heavy atom. The van der Waals surface area contributed by atoms with E-state index in [-0.39, 0.29) is 12.0 Å². The van der Waals surface area contributed by atoms with Gasteiger partial charge in [0.1, 0.15) is 11.6 Å². The molecule has 3 aromatic rings. The Balaban J connectivity index is 1.45. The van der Waals surface area contributed by atoms with Gasteiger partial charge in [-0.25, -0.2) is 18.9 Å². The number of aromatic nitrogens is 2. The smallest absolute Gasteiger partial charge is 0.130 e. The van der Waals surface area contributed by atoms with Crippen molar-refractivity contribution in [1.82, 2.24) is 25.5 Å². The summed E-state index contributed by atoms with van der Waals surface area (Å²) in [5.74, 6) is -0.908. The van der Waals surface area contributed by atoms with Gasteiger partial charge in [0, 0.05) is 42.9 Å². The van der Waals surface area contributed by atoms with Crippen LogP contribution in [-0.2, 0) is 6.54 Å². The summed E-state index contributed by atoms with van der Waals surface area (Å²) < 4.78 is 29.5. The first kappa shape index (κ1) is 20.7. The molecule has 0 bridgehead atoms. The second-order valence-corrected chi connectivity index (χ2v) is 8.13. The molecule has 2 aromatic carbocycles. The van der Waals surface area contributed by atoms with Crippen LogP contribution in [0.3, 0.4) is 0 Å². The molecular weight excluding hydrogens is 384 g/mol. The van der Waals surface area contributed by atoms with E-state index < -0.39 is 11.6 Å². The Labute approximate surface area is 175 Å². The molecular formula is C23H27F2N5. The molecule has 158 valence electrons. The first-order chi connectivity index (χ1) is 14.4. The Bertz CT molecular complexity index is 1030. The van der Waals surface area contributed by atoms with Crippen molar-refractivity contribution >= 4 is 0 Å². The molecule has 0 amide bonds. The van der Waals surface area contributed by atoms with Gasteiger partial charge in [-0.3, -0.25) is 5.43 Å². The molecule has 7 heteroatoms. The van der Waals surface area contributed by atoms with Crippen LogP contribution in [0.1, 0.15) is 28.6 Å².